The summed E-state index contributed by atoms with van der Waals surface area (Å²) in [5.74, 6) is -1.03. The Balaban J connectivity index is 1.81. The molecule has 0 radical (unpaired) electrons. The highest BCUT2D eigenvalue weighted by atomic mass is 32.2. The highest BCUT2D eigenvalue weighted by Crippen LogP contribution is 2.41. The van der Waals surface area contributed by atoms with Gasteiger partial charge in [-0.2, -0.15) is 35.5 Å². The average Bonchev–Trinajstić information content (AvgIpc) is 2.90. The minimum Gasteiger partial charge on any atom is -0.507 e. The number of hydrogen-bond donors (Lipinski definition) is 5. The zero-order valence-corrected chi connectivity index (χ0v) is 24.0. The smallest absolute Gasteiger partial charge is 0.296 e. The number of nitrogens with zero attached hydrogens (tertiary/aromatic N) is 4. The van der Waals surface area contributed by atoms with Crippen LogP contribution in [0.5, 0.6) is 5.75 Å². The van der Waals surface area contributed by atoms with Crippen molar-refractivity contribution in [2.75, 3.05) is 5.32 Å². The molecular weight excluding hydrogens is 630 g/mol. The van der Waals surface area contributed by atoms with Crippen LogP contribution in [0.2, 0.25) is 0 Å². The van der Waals surface area contributed by atoms with Gasteiger partial charge in [0.15, 0.2) is 0 Å². The summed E-state index contributed by atoms with van der Waals surface area (Å²) in [7, 11) is -14.4. The number of rotatable bonds is 8. The molecule has 0 aromatic heterocycles. The van der Waals surface area contributed by atoms with E-state index in [9.17, 15) is 44.3 Å². The summed E-state index contributed by atoms with van der Waals surface area (Å²) in [6.45, 7) is 1.22. The zero-order valence-electron chi connectivity index (χ0n) is 21.5. The van der Waals surface area contributed by atoms with E-state index in [-0.39, 0.29) is 32.7 Å². The lowest BCUT2D eigenvalue weighted by Gasteiger charge is -2.11. The molecule has 4 rings (SSSR count). The van der Waals surface area contributed by atoms with Crippen LogP contribution in [0.4, 0.5) is 28.4 Å². The van der Waals surface area contributed by atoms with Gasteiger partial charge in [0.25, 0.3) is 30.4 Å². The van der Waals surface area contributed by atoms with Crippen LogP contribution in [0.15, 0.2) is 102 Å². The quantitative estimate of drug-likeness (QED) is 0.124. The lowest BCUT2D eigenvalue weighted by atomic mass is 10.1. The van der Waals surface area contributed by atoms with Crippen molar-refractivity contribution in [1.29, 1.82) is 0 Å². The summed E-state index contributed by atoms with van der Waals surface area (Å²) in [6.07, 6.45) is 0. The van der Waals surface area contributed by atoms with Crippen molar-refractivity contribution >= 4 is 75.5 Å². The van der Waals surface area contributed by atoms with Crippen molar-refractivity contribution in [2.45, 2.75) is 21.6 Å². The second-order valence-electron chi connectivity index (χ2n) is 8.66. The van der Waals surface area contributed by atoms with Gasteiger partial charge in [0.1, 0.15) is 26.9 Å². The van der Waals surface area contributed by atoms with Gasteiger partial charge in [0.2, 0.25) is 5.91 Å². The fraction of sp³-hybridized carbons (Fsp3) is 0.0417. The highest BCUT2D eigenvalue weighted by molar-refractivity contribution is 7.86. The maximum absolute atomic E-state index is 12.1. The summed E-state index contributed by atoms with van der Waals surface area (Å²) in [5, 5.41) is 28.0. The Kier molecular flexibility index (Phi) is 8.40. The van der Waals surface area contributed by atoms with Gasteiger partial charge >= 0.3 is 0 Å². The Hall–Kier alpha value is -4.66. The summed E-state index contributed by atoms with van der Waals surface area (Å²) in [5.41, 5.74) is -0.830. The molecule has 4 aromatic rings. The molecule has 0 aliphatic heterocycles. The van der Waals surface area contributed by atoms with Crippen LogP contribution in [0.3, 0.4) is 0 Å². The molecule has 0 aliphatic rings. The first-order valence-electron chi connectivity index (χ1n) is 11.5. The number of amides is 1. The van der Waals surface area contributed by atoms with E-state index in [0.29, 0.717) is 6.07 Å². The van der Waals surface area contributed by atoms with Crippen molar-refractivity contribution in [2.24, 2.45) is 20.5 Å². The molecule has 0 atom stereocenters. The second kappa shape index (κ2) is 11.6. The minimum atomic E-state index is -5.02. The van der Waals surface area contributed by atoms with E-state index >= 15 is 0 Å². The van der Waals surface area contributed by atoms with E-state index in [1.165, 1.54) is 43.3 Å². The van der Waals surface area contributed by atoms with E-state index < -0.39 is 63.2 Å². The number of carbonyl (C=O) groups excluding carboxylic acids is 1. The highest BCUT2D eigenvalue weighted by Gasteiger charge is 2.23. The maximum atomic E-state index is 12.1. The van der Waals surface area contributed by atoms with Crippen molar-refractivity contribution in [3.05, 3.63) is 66.7 Å². The van der Waals surface area contributed by atoms with Gasteiger partial charge in [-0.1, -0.05) is 0 Å². The van der Waals surface area contributed by atoms with Crippen LogP contribution in [0.1, 0.15) is 6.92 Å². The molecule has 0 heterocycles. The molecule has 5 N–H and O–H groups in total. The number of azo groups is 2. The largest absolute Gasteiger partial charge is 0.507 e. The number of benzene rings is 4. The first-order valence-corrected chi connectivity index (χ1v) is 15.8. The Morgan fingerprint density at radius 2 is 1.26 bits per heavy atom. The molecule has 4 aromatic carbocycles. The lowest BCUT2D eigenvalue weighted by Crippen LogP contribution is -2.05. The van der Waals surface area contributed by atoms with Crippen LogP contribution in [0.25, 0.3) is 10.8 Å². The minimum absolute atomic E-state index is 0.0471. The predicted molar refractivity (Wildman–Crippen MR) is 151 cm³/mol. The number of aromatic hydroxyl groups is 1. The lowest BCUT2D eigenvalue weighted by molar-refractivity contribution is -0.114. The van der Waals surface area contributed by atoms with E-state index in [1.807, 2.05) is 0 Å². The van der Waals surface area contributed by atoms with E-state index in [1.54, 1.807) is 0 Å². The third kappa shape index (κ3) is 7.41. The van der Waals surface area contributed by atoms with Crippen molar-refractivity contribution < 1.29 is 48.8 Å². The molecule has 43 heavy (non-hydrogen) atoms. The summed E-state index contributed by atoms with van der Waals surface area (Å²) < 4.78 is 99.5. The van der Waals surface area contributed by atoms with Crippen LogP contribution in [-0.2, 0) is 35.1 Å². The summed E-state index contributed by atoms with van der Waals surface area (Å²) in [4.78, 5) is 9.42. The van der Waals surface area contributed by atoms with Crippen LogP contribution < -0.4 is 5.32 Å². The zero-order chi connectivity index (χ0) is 31.7. The van der Waals surface area contributed by atoms with E-state index in [2.05, 4.69) is 25.8 Å². The average molecular weight is 650 g/mol. The summed E-state index contributed by atoms with van der Waals surface area (Å²) >= 11 is 0. The molecule has 1 amide bonds. The monoisotopic (exact) mass is 649 g/mol. The fourth-order valence-electron chi connectivity index (χ4n) is 3.71. The molecule has 224 valence electrons. The Bertz CT molecular complexity index is 2160. The molecule has 0 bridgehead atoms. The number of anilines is 1. The molecule has 0 aliphatic carbocycles. The molecule has 0 spiro atoms. The number of fused-ring (bicyclic) bond motifs is 1. The number of hydrogen-bond acceptors (Lipinski definition) is 12. The molecule has 0 saturated carbocycles. The predicted octanol–water partition coefficient (Wildman–Crippen LogP) is 5.07. The van der Waals surface area contributed by atoms with Gasteiger partial charge in [-0.3, -0.25) is 18.5 Å². The van der Waals surface area contributed by atoms with Crippen LogP contribution in [-0.4, -0.2) is 49.9 Å². The van der Waals surface area contributed by atoms with E-state index in [4.69, 9.17) is 4.55 Å². The number of nitrogens with one attached hydrogen (secondary N) is 1. The topological polar surface area (TPSA) is 262 Å². The maximum Gasteiger partial charge on any atom is 0.296 e. The first kappa shape index (κ1) is 31.3. The Morgan fingerprint density at radius 1 is 0.651 bits per heavy atom. The molecular formula is C24H19N5O11S3. The Morgan fingerprint density at radius 3 is 1.84 bits per heavy atom. The van der Waals surface area contributed by atoms with Gasteiger partial charge in [-0.25, -0.2) is 0 Å². The first-order chi connectivity index (χ1) is 19.9. The SMILES string of the molecule is CC(=O)Nc1ccc2c(O)cc(S(=O)(=O)O)c(N=Nc3ccc(N=Nc4ccc(S(=O)(=O)O)cc4)cc3S(=O)(=O)O)c2c1. The summed E-state index contributed by atoms with van der Waals surface area (Å²) in [6, 6.07) is 12.4. The van der Waals surface area contributed by atoms with Crippen molar-refractivity contribution in [3.8, 4) is 5.75 Å². The number of phenols is 1. The van der Waals surface area contributed by atoms with Gasteiger partial charge in [-0.15, -0.1) is 10.2 Å². The van der Waals surface area contributed by atoms with Gasteiger partial charge < -0.3 is 10.4 Å². The molecule has 19 heteroatoms. The molecule has 0 unspecified atom stereocenters. The van der Waals surface area contributed by atoms with Crippen LogP contribution in [0, 0.1) is 0 Å². The normalized spacial score (nSPS) is 12.7. The van der Waals surface area contributed by atoms with Gasteiger partial charge in [0.05, 0.1) is 16.3 Å². The molecule has 0 saturated heterocycles. The van der Waals surface area contributed by atoms with Gasteiger partial charge in [0, 0.05) is 29.4 Å². The van der Waals surface area contributed by atoms with E-state index in [0.717, 1.165) is 24.3 Å². The Labute approximate surface area is 243 Å². The van der Waals surface area contributed by atoms with Crippen LogP contribution >= 0.6 is 0 Å². The van der Waals surface area contributed by atoms with Crippen molar-refractivity contribution in [1.82, 2.24) is 0 Å². The van der Waals surface area contributed by atoms with Crippen molar-refractivity contribution in [3.63, 3.8) is 0 Å². The standard InChI is InChI=1S/C24H19N5O11S3/c1-13(30)25-15-4-8-18-19(10-15)24(23(12-21(18)31)43(38,39)40)29-28-20-9-5-16(11-22(20)42(35,36)37)27-26-14-2-6-17(7-3-14)41(32,33)34/h2-12,31H,1H3,(H,25,30)(H,32,33,34)(H,35,36,37)(H,38,39,40). The number of carbonyl (C=O) groups is 1. The van der Waals surface area contributed by atoms with Gasteiger partial charge in [-0.05, 0) is 60.7 Å². The molecule has 16 nitrogen and oxygen atoms in total. The molecule has 0 fully saturated rings. The third-order valence-electron chi connectivity index (χ3n) is 5.54. The fourth-order valence-corrected chi connectivity index (χ4v) is 5.48. The third-order valence-corrected chi connectivity index (χ3v) is 8.16. The second-order valence-corrected chi connectivity index (χ2v) is 12.9. The number of phenolic OH excluding ortho intramolecular Hbond substituents is 1.